The highest BCUT2D eigenvalue weighted by Gasteiger charge is 2.39. The van der Waals surface area contributed by atoms with Crippen molar-refractivity contribution in [2.45, 2.75) is 129 Å². The van der Waals surface area contributed by atoms with Crippen molar-refractivity contribution < 1.29 is 33.4 Å². The van der Waals surface area contributed by atoms with Crippen molar-refractivity contribution in [1.29, 1.82) is 0 Å². The Bertz CT molecular complexity index is 2370. The van der Waals surface area contributed by atoms with Crippen LogP contribution in [0.3, 0.4) is 0 Å². The maximum atomic E-state index is 13.7. The highest BCUT2D eigenvalue weighted by Crippen LogP contribution is 2.48. The molecule has 0 bridgehead atoms. The van der Waals surface area contributed by atoms with E-state index >= 15 is 0 Å². The highest BCUT2D eigenvalue weighted by molar-refractivity contribution is 6.02. The van der Waals surface area contributed by atoms with Crippen LogP contribution in [0.2, 0.25) is 0 Å². The van der Waals surface area contributed by atoms with Crippen molar-refractivity contribution in [3.63, 3.8) is 0 Å². The lowest BCUT2D eigenvalue weighted by Gasteiger charge is -2.34. The van der Waals surface area contributed by atoms with Crippen molar-refractivity contribution in [2.24, 2.45) is 11.8 Å². The molecule has 3 aromatic carbocycles. The van der Waals surface area contributed by atoms with E-state index in [0.717, 1.165) is 60.6 Å². The second-order valence-electron chi connectivity index (χ2n) is 19.8. The predicted molar refractivity (Wildman–Crippen MR) is 258 cm³/mol. The number of aromatic amines is 1. The van der Waals surface area contributed by atoms with Gasteiger partial charge < -0.3 is 39.8 Å². The van der Waals surface area contributed by atoms with Gasteiger partial charge in [0.15, 0.2) is 0 Å². The van der Waals surface area contributed by atoms with Gasteiger partial charge in [0.05, 0.1) is 38.0 Å². The van der Waals surface area contributed by atoms with E-state index in [1.54, 1.807) is 13.8 Å². The SMILES string of the molecule is COC(=O)N[C@H](C(=O)NC(=O)[C@@H]1CCCN1c1ccc([C@@H]2CC[C@@H](c3ccc(-c4c[nH]c([C@@H]5CCCN5C(=O)[C@@H](NC(=O)OC)C(C)C)n4)cc3)N2c2ccc(C(C)(C)C)cc2)cc1)C(C)C. The Morgan fingerprint density at radius 1 is 0.687 bits per heavy atom. The monoisotopic (exact) mass is 917 g/mol. The number of alkyl carbamates (subject to hydrolysis) is 2. The third-order valence-corrected chi connectivity index (χ3v) is 13.7. The number of hydrogen-bond donors (Lipinski definition) is 4. The molecule has 3 saturated heterocycles. The van der Waals surface area contributed by atoms with E-state index in [1.807, 2.05) is 24.9 Å². The average molecular weight is 917 g/mol. The molecule has 0 spiro atoms. The number of benzene rings is 3. The summed E-state index contributed by atoms with van der Waals surface area (Å²) in [5, 5.41) is 7.82. The fraction of sp³-hybridized carbons (Fsp3) is 0.500. The molecular weight excluding hydrogens is 849 g/mol. The number of likely N-dealkylation sites (tertiary alicyclic amines) is 1. The standard InChI is InChI=1S/C52H68N8O7/c1-31(2)44(55-50(64)66-8)48(62)57-47(61)43-13-11-28-58(43)37-22-18-35(19-23-37)41-27-26-40(60(41)38-24-20-36(21-25-38)52(5,6)7)34-16-14-33(15-17-34)39-30-53-46(54-39)42-12-10-29-59(42)49(63)45(32(3)4)56-51(65)67-9/h14-25,30-32,40-45H,10-13,26-29H2,1-9H3,(H,53,54)(H,55,64)(H,56,65)(H,57,61,62)/t40-,41-,42-,43-,44-,45-/m0/s1. The van der Waals surface area contributed by atoms with Gasteiger partial charge in [0.1, 0.15) is 23.9 Å². The molecule has 3 fully saturated rings. The van der Waals surface area contributed by atoms with Crippen LogP contribution < -0.4 is 25.8 Å². The molecule has 358 valence electrons. The number of amides is 5. The zero-order valence-corrected chi connectivity index (χ0v) is 40.4. The number of hydrogen-bond acceptors (Lipinski definition) is 10. The minimum Gasteiger partial charge on any atom is -0.453 e. The molecule has 3 aliphatic rings. The number of carbonyl (C=O) groups excluding carboxylic acids is 5. The first kappa shape index (κ1) is 48.6. The number of nitrogens with zero attached hydrogens (tertiary/aromatic N) is 4. The summed E-state index contributed by atoms with van der Waals surface area (Å²) in [6.45, 7) is 15.4. The second kappa shape index (κ2) is 20.6. The number of H-pyrrole nitrogens is 1. The maximum absolute atomic E-state index is 13.7. The van der Waals surface area contributed by atoms with Crippen LogP contribution in [0, 0.1) is 11.8 Å². The molecule has 4 heterocycles. The highest BCUT2D eigenvalue weighted by atomic mass is 16.5. The molecule has 7 rings (SSSR count). The van der Waals surface area contributed by atoms with Gasteiger partial charge in [-0.1, -0.05) is 97.0 Å². The lowest BCUT2D eigenvalue weighted by atomic mass is 9.87. The molecule has 15 heteroatoms. The molecule has 0 aliphatic carbocycles. The first-order chi connectivity index (χ1) is 32.0. The van der Waals surface area contributed by atoms with Gasteiger partial charge in [-0.3, -0.25) is 19.7 Å². The Morgan fingerprint density at radius 3 is 1.81 bits per heavy atom. The number of anilines is 2. The van der Waals surface area contributed by atoms with Crippen LogP contribution in [-0.4, -0.2) is 90.2 Å². The van der Waals surface area contributed by atoms with Crippen molar-refractivity contribution in [1.82, 2.24) is 30.8 Å². The van der Waals surface area contributed by atoms with Gasteiger partial charge in [-0.15, -0.1) is 0 Å². The van der Waals surface area contributed by atoms with E-state index in [4.69, 9.17) is 14.5 Å². The summed E-state index contributed by atoms with van der Waals surface area (Å²) < 4.78 is 9.50. The van der Waals surface area contributed by atoms with Crippen LogP contribution in [0.15, 0.2) is 79.0 Å². The quantitative estimate of drug-likeness (QED) is 0.102. The summed E-state index contributed by atoms with van der Waals surface area (Å²) in [5.74, 6) is -0.729. The number of ether oxygens (including phenoxy) is 2. The van der Waals surface area contributed by atoms with Gasteiger partial charge in [-0.05, 0) is 96.7 Å². The zero-order chi connectivity index (χ0) is 48.2. The first-order valence-electron chi connectivity index (χ1n) is 23.7. The first-order valence-corrected chi connectivity index (χ1v) is 23.7. The number of imidazole rings is 1. The van der Waals surface area contributed by atoms with Gasteiger partial charge in [0.2, 0.25) is 17.7 Å². The number of imide groups is 1. The molecule has 15 nitrogen and oxygen atoms in total. The Balaban J connectivity index is 1.09. The molecule has 1 aromatic heterocycles. The van der Waals surface area contributed by atoms with Crippen LogP contribution in [-0.2, 0) is 29.3 Å². The molecule has 0 unspecified atom stereocenters. The smallest absolute Gasteiger partial charge is 0.407 e. The fourth-order valence-corrected chi connectivity index (χ4v) is 9.92. The Morgan fingerprint density at radius 2 is 1.24 bits per heavy atom. The second-order valence-corrected chi connectivity index (χ2v) is 19.8. The summed E-state index contributed by atoms with van der Waals surface area (Å²) in [6.07, 6.45) is 5.45. The third kappa shape index (κ3) is 10.8. The van der Waals surface area contributed by atoms with Crippen LogP contribution in [0.4, 0.5) is 21.0 Å². The van der Waals surface area contributed by atoms with Crippen molar-refractivity contribution in [2.75, 3.05) is 37.1 Å². The topological polar surface area (TPSA) is 178 Å². The van der Waals surface area contributed by atoms with E-state index in [-0.39, 0.29) is 47.2 Å². The molecular formula is C52H68N8O7. The number of carbonyl (C=O) groups is 5. The van der Waals surface area contributed by atoms with Crippen LogP contribution >= 0.6 is 0 Å². The summed E-state index contributed by atoms with van der Waals surface area (Å²) in [4.78, 5) is 79.2. The van der Waals surface area contributed by atoms with Gasteiger partial charge in [-0.25, -0.2) is 14.6 Å². The van der Waals surface area contributed by atoms with Gasteiger partial charge in [0, 0.05) is 36.2 Å². The van der Waals surface area contributed by atoms with Crippen molar-refractivity contribution >= 4 is 41.3 Å². The molecule has 67 heavy (non-hydrogen) atoms. The number of rotatable bonds is 13. The van der Waals surface area contributed by atoms with Crippen LogP contribution in [0.5, 0.6) is 0 Å². The summed E-state index contributed by atoms with van der Waals surface area (Å²) in [6, 6.07) is 23.9. The molecule has 4 aromatic rings. The lowest BCUT2D eigenvalue weighted by Crippen LogP contribution is -2.54. The fourth-order valence-electron chi connectivity index (χ4n) is 9.92. The maximum Gasteiger partial charge on any atom is 0.407 e. The summed E-state index contributed by atoms with van der Waals surface area (Å²) in [5.41, 5.74) is 7.48. The Kier molecular flexibility index (Phi) is 15.0. The van der Waals surface area contributed by atoms with E-state index in [9.17, 15) is 24.0 Å². The normalized spacial score (nSPS) is 20.5. The van der Waals surface area contributed by atoms with Crippen LogP contribution in [0.1, 0.15) is 128 Å². The van der Waals surface area contributed by atoms with E-state index in [1.165, 1.54) is 30.9 Å². The minimum atomic E-state index is -0.910. The largest absolute Gasteiger partial charge is 0.453 e. The van der Waals surface area contributed by atoms with E-state index < -0.39 is 36.2 Å². The average Bonchev–Trinajstić information content (AvgIpc) is 4.16. The molecule has 6 atom stereocenters. The van der Waals surface area contributed by atoms with Gasteiger partial charge in [0.25, 0.3) is 0 Å². The molecule has 3 aliphatic heterocycles. The van der Waals surface area contributed by atoms with Gasteiger partial charge >= 0.3 is 12.2 Å². The molecule has 5 amide bonds. The number of nitrogens with one attached hydrogen (secondary N) is 4. The third-order valence-electron chi connectivity index (χ3n) is 13.7. The number of methoxy groups -OCH3 is 2. The van der Waals surface area contributed by atoms with E-state index in [2.05, 4.69) is 124 Å². The summed E-state index contributed by atoms with van der Waals surface area (Å²) >= 11 is 0. The van der Waals surface area contributed by atoms with Crippen molar-refractivity contribution in [3.05, 3.63) is 102 Å². The molecule has 4 N–H and O–H groups in total. The minimum absolute atomic E-state index is 0.0115. The zero-order valence-electron chi connectivity index (χ0n) is 40.4. The van der Waals surface area contributed by atoms with E-state index in [0.29, 0.717) is 19.5 Å². The summed E-state index contributed by atoms with van der Waals surface area (Å²) in [7, 11) is 2.53. The van der Waals surface area contributed by atoms with Gasteiger partial charge in [-0.2, -0.15) is 0 Å². The molecule has 0 radical (unpaired) electrons. The Labute approximate surface area is 394 Å². The molecule has 0 saturated carbocycles. The Hall–Kier alpha value is -6.38. The van der Waals surface area contributed by atoms with Crippen LogP contribution in [0.25, 0.3) is 11.3 Å². The predicted octanol–water partition coefficient (Wildman–Crippen LogP) is 8.49. The van der Waals surface area contributed by atoms with Crippen molar-refractivity contribution in [3.8, 4) is 11.3 Å². The number of aromatic nitrogens is 2. The lowest BCUT2D eigenvalue weighted by molar-refractivity contribution is -0.135.